The van der Waals surface area contributed by atoms with E-state index in [2.05, 4.69) is 34.4 Å². The molecule has 0 saturated carbocycles. The number of methoxy groups -OCH3 is 2. The number of hydrogen-bond donors (Lipinski definition) is 2. The average molecular weight is 797 g/mol. The minimum Gasteiger partial charge on any atom is -0.497 e. The van der Waals surface area contributed by atoms with Gasteiger partial charge in [-0.3, -0.25) is 19.2 Å². The SMILES string of the molecule is C=CCCC(=O)N[C@@H](COC)[C@@H](OC(=O)[C@H]1[C@@H]2O[C@@]3(CC2Br)[C@@H]1C(=O)N([C@@H](CO)C(C)C)[C@@H]3C(=O)N(CC=C)c1ccc(OC)cc1)c1ccccc1. The molecule has 3 saturated heterocycles. The van der Waals surface area contributed by atoms with Crippen LogP contribution in [0, 0.1) is 17.8 Å². The normalized spacial score (nSPS) is 26.1. The van der Waals surface area contributed by atoms with Crippen LogP contribution in [0.25, 0.3) is 0 Å². The van der Waals surface area contributed by atoms with Crippen LogP contribution in [0.2, 0.25) is 0 Å². The molecule has 9 atom stereocenters. The molecule has 53 heavy (non-hydrogen) atoms. The summed E-state index contributed by atoms with van der Waals surface area (Å²) < 4.78 is 23.9. The van der Waals surface area contributed by atoms with E-state index >= 15 is 0 Å². The van der Waals surface area contributed by atoms with Gasteiger partial charge in [0, 0.05) is 30.6 Å². The standard InChI is InChI=1S/C40H50BrN3O9/c1-7-9-15-31(46)42-29(23-50-5)34(25-13-11-10-12-14-25)52-39(49)32-33-37(47)44(30(22-45)24(3)4)36(40(33)21-28(41)35(32)53-40)38(48)43(20-8-2)26-16-18-27(51-6)19-17-26/h7-8,10-14,16-19,24,28-30,32-36,45H,1-2,9,15,20-23H2,3-6H3,(H,42,46)/t28?,29-,30-,32+,33-,34-,35+,36+,40-/m0/s1. The molecule has 2 N–H and O–H groups in total. The maximum Gasteiger partial charge on any atom is 0.313 e. The lowest BCUT2D eigenvalue weighted by Crippen LogP contribution is -2.60. The third kappa shape index (κ3) is 7.80. The van der Waals surface area contributed by atoms with Crippen LogP contribution in [0.3, 0.4) is 0 Å². The summed E-state index contributed by atoms with van der Waals surface area (Å²) >= 11 is 3.73. The Bertz CT molecular complexity index is 1640. The molecule has 286 valence electrons. The van der Waals surface area contributed by atoms with Gasteiger partial charge in [-0.1, -0.05) is 72.3 Å². The van der Waals surface area contributed by atoms with E-state index in [0.29, 0.717) is 23.4 Å². The minimum absolute atomic E-state index is 0.0338. The number of aliphatic hydroxyl groups is 1. The van der Waals surface area contributed by atoms with Crippen LogP contribution in [0.5, 0.6) is 5.75 Å². The minimum atomic E-state index is -1.42. The quantitative estimate of drug-likeness (QED) is 0.128. The number of likely N-dealkylation sites (tertiary alicyclic amines) is 1. The zero-order valence-corrected chi connectivity index (χ0v) is 32.3. The molecule has 2 aromatic carbocycles. The number of nitrogens with one attached hydrogen (secondary N) is 1. The zero-order valence-electron chi connectivity index (χ0n) is 30.7. The second-order valence-electron chi connectivity index (χ2n) is 14.1. The van der Waals surface area contributed by atoms with Crippen LogP contribution in [-0.4, -0.2) is 102 Å². The van der Waals surface area contributed by atoms with Crippen molar-refractivity contribution in [3.63, 3.8) is 0 Å². The Balaban J connectivity index is 1.56. The highest BCUT2D eigenvalue weighted by Gasteiger charge is 2.78. The Hall–Kier alpha value is -4.04. The molecule has 5 rings (SSSR count). The van der Waals surface area contributed by atoms with Crippen molar-refractivity contribution in [1.29, 1.82) is 0 Å². The van der Waals surface area contributed by atoms with Gasteiger partial charge in [-0.15, -0.1) is 13.2 Å². The first-order valence-electron chi connectivity index (χ1n) is 17.9. The number of carbonyl (C=O) groups is 4. The molecule has 2 aromatic rings. The Morgan fingerprint density at radius 2 is 1.81 bits per heavy atom. The van der Waals surface area contributed by atoms with Crippen molar-refractivity contribution in [2.45, 2.75) is 73.9 Å². The first-order chi connectivity index (χ1) is 25.5. The number of halogens is 1. The molecule has 3 fully saturated rings. The lowest BCUT2D eigenvalue weighted by atomic mass is 9.70. The molecule has 1 spiro atoms. The van der Waals surface area contributed by atoms with E-state index in [1.54, 1.807) is 67.8 Å². The largest absolute Gasteiger partial charge is 0.497 e. The van der Waals surface area contributed by atoms with E-state index in [-0.39, 0.29) is 37.8 Å². The topological polar surface area (TPSA) is 144 Å². The number of aliphatic hydroxyl groups excluding tert-OH is 1. The van der Waals surface area contributed by atoms with Crippen molar-refractivity contribution in [2.75, 3.05) is 38.9 Å². The third-order valence-corrected chi connectivity index (χ3v) is 11.4. The average Bonchev–Trinajstić information content (AvgIpc) is 3.75. The van der Waals surface area contributed by atoms with Gasteiger partial charge < -0.3 is 39.2 Å². The smallest absolute Gasteiger partial charge is 0.313 e. The molecule has 13 heteroatoms. The van der Waals surface area contributed by atoms with Gasteiger partial charge >= 0.3 is 5.97 Å². The fourth-order valence-corrected chi connectivity index (χ4v) is 9.02. The number of ether oxygens (including phenoxy) is 4. The highest BCUT2D eigenvalue weighted by molar-refractivity contribution is 9.09. The van der Waals surface area contributed by atoms with Crippen molar-refractivity contribution in [2.24, 2.45) is 17.8 Å². The second-order valence-corrected chi connectivity index (χ2v) is 15.2. The summed E-state index contributed by atoms with van der Waals surface area (Å²) in [5, 5.41) is 13.6. The number of carbonyl (C=O) groups excluding carboxylic acids is 4. The van der Waals surface area contributed by atoms with E-state index in [4.69, 9.17) is 18.9 Å². The molecule has 3 amide bonds. The van der Waals surface area contributed by atoms with Crippen LogP contribution in [0.1, 0.15) is 44.8 Å². The molecular formula is C40H50BrN3O9. The fourth-order valence-electron chi connectivity index (χ4n) is 8.08. The molecule has 3 aliphatic heterocycles. The summed E-state index contributed by atoms with van der Waals surface area (Å²) in [7, 11) is 3.04. The van der Waals surface area contributed by atoms with Gasteiger partial charge in [-0.2, -0.15) is 0 Å². The first kappa shape index (κ1) is 40.2. The highest BCUT2D eigenvalue weighted by atomic mass is 79.9. The van der Waals surface area contributed by atoms with E-state index in [0.717, 1.165) is 0 Å². The molecule has 3 heterocycles. The summed E-state index contributed by atoms with van der Waals surface area (Å²) in [6.07, 6.45) is 2.38. The first-order valence-corrected chi connectivity index (χ1v) is 18.8. The van der Waals surface area contributed by atoms with E-state index < -0.39 is 77.0 Å². The van der Waals surface area contributed by atoms with Gasteiger partial charge in [-0.05, 0) is 48.6 Å². The maximum atomic E-state index is 15.0. The lowest BCUT2D eigenvalue weighted by molar-refractivity contribution is -0.163. The number of rotatable bonds is 18. The molecule has 0 aromatic heterocycles. The number of fused-ring (bicyclic) bond motifs is 1. The Morgan fingerprint density at radius 3 is 2.40 bits per heavy atom. The predicted molar refractivity (Wildman–Crippen MR) is 202 cm³/mol. The number of hydrogen-bond acceptors (Lipinski definition) is 9. The summed E-state index contributed by atoms with van der Waals surface area (Å²) in [6, 6.07) is 13.3. The number of benzene rings is 2. The number of alkyl halides is 1. The van der Waals surface area contributed by atoms with Gasteiger partial charge in [-0.25, -0.2) is 0 Å². The van der Waals surface area contributed by atoms with Crippen LogP contribution in [0.4, 0.5) is 5.69 Å². The Morgan fingerprint density at radius 1 is 1.11 bits per heavy atom. The van der Waals surface area contributed by atoms with Crippen LogP contribution >= 0.6 is 15.9 Å². The monoisotopic (exact) mass is 795 g/mol. The highest BCUT2D eigenvalue weighted by Crippen LogP contribution is 2.61. The van der Waals surface area contributed by atoms with Gasteiger partial charge in [0.2, 0.25) is 11.8 Å². The fraction of sp³-hybridized carbons (Fsp3) is 0.500. The molecule has 3 aliphatic rings. The van der Waals surface area contributed by atoms with Gasteiger partial charge in [0.25, 0.3) is 5.91 Å². The van der Waals surface area contributed by atoms with Crippen LogP contribution in [0.15, 0.2) is 79.9 Å². The van der Waals surface area contributed by atoms with E-state index in [1.807, 2.05) is 19.9 Å². The number of nitrogens with zero attached hydrogens (tertiary/aromatic N) is 2. The van der Waals surface area contributed by atoms with E-state index in [9.17, 15) is 24.3 Å². The predicted octanol–water partition coefficient (Wildman–Crippen LogP) is 4.36. The van der Waals surface area contributed by atoms with Crippen molar-refractivity contribution in [3.8, 4) is 5.75 Å². The molecular weight excluding hydrogens is 746 g/mol. The molecule has 2 bridgehead atoms. The van der Waals surface area contributed by atoms with Crippen LogP contribution < -0.4 is 15.0 Å². The van der Waals surface area contributed by atoms with Gasteiger partial charge in [0.15, 0.2) is 0 Å². The molecule has 0 aliphatic carbocycles. The third-order valence-electron chi connectivity index (χ3n) is 10.5. The van der Waals surface area contributed by atoms with Gasteiger partial charge in [0.1, 0.15) is 23.5 Å². The van der Waals surface area contributed by atoms with Crippen molar-refractivity contribution >= 4 is 45.3 Å². The van der Waals surface area contributed by atoms with E-state index in [1.165, 1.54) is 16.9 Å². The molecule has 1 unspecified atom stereocenters. The number of amides is 3. The maximum absolute atomic E-state index is 15.0. The Kier molecular flexibility index (Phi) is 13.2. The summed E-state index contributed by atoms with van der Waals surface area (Å²) in [4.78, 5) is 60.0. The lowest BCUT2D eigenvalue weighted by Gasteiger charge is -2.40. The number of allylic oxidation sites excluding steroid dienone is 1. The van der Waals surface area contributed by atoms with Crippen molar-refractivity contribution in [1.82, 2.24) is 10.2 Å². The molecule has 0 radical (unpaired) electrons. The molecule has 12 nitrogen and oxygen atoms in total. The summed E-state index contributed by atoms with van der Waals surface area (Å²) in [6.45, 7) is 11.1. The van der Waals surface area contributed by atoms with Gasteiger partial charge in [0.05, 0.1) is 50.3 Å². The van der Waals surface area contributed by atoms with Crippen molar-refractivity contribution < 1.29 is 43.2 Å². The number of anilines is 1. The summed E-state index contributed by atoms with van der Waals surface area (Å²) in [5.74, 6) is -3.68. The van der Waals surface area contributed by atoms with Crippen molar-refractivity contribution in [3.05, 3.63) is 85.5 Å². The summed E-state index contributed by atoms with van der Waals surface area (Å²) in [5.41, 5.74) is -0.247. The zero-order chi connectivity index (χ0) is 38.4. The van der Waals surface area contributed by atoms with Crippen LogP contribution in [-0.2, 0) is 33.4 Å². The Labute approximate surface area is 319 Å². The number of esters is 1. The second kappa shape index (κ2) is 17.4.